The lowest BCUT2D eigenvalue weighted by Crippen LogP contribution is -2.24. The number of nitrogens with zero attached hydrogens (tertiary/aromatic N) is 2. The Balaban J connectivity index is 2.28. The van der Waals surface area contributed by atoms with Crippen molar-refractivity contribution in [2.24, 2.45) is 11.8 Å². The molecule has 0 bridgehead atoms. The second-order valence-electron chi connectivity index (χ2n) is 5.05. The normalized spacial score (nSPS) is 19.6. The fraction of sp³-hybridized carbons (Fsp3) is 0.538. The predicted octanol–water partition coefficient (Wildman–Crippen LogP) is 2.92. The van der Waals surface area contributed by atoms with Crippen LogP contribution in [0.15, 0.2) is 12.1 Å². The first-order chi connectivity index (χ1) is 8.49. The van der Waals surface area contributed by atoms with Gasteiger partial charge in [0.25, 0.3) is 0 Å². The number of hydrogen-bond donors (Lipinski definition) is 1. The maximum Gasteiger partial charge on any atom is 0.339 e. The lowest BCUT2D eigenvalue weighted by molar-refractivity contribution is 0.0697. The molecule has 1 aromatic rings. The monoisotopic (exact) mass is 268 g/mol. The van der Waals surface area contributed by atoms with E-state index >= 15 is 0 Å². The largest absolute Gasteiger partial charge is 0.478 e. The van der Waals surface area contributed by atoms with Crippen molar-refractivity contribution in [3.05, 3.63) is 22.8 Å². The number of aromatic carboxylic acids is 1. The van der Waals surface area contributed by atoms with Crippen LogP contribution < -0.4 is 4.90 Å². The van der Waals surface area contributed by atoms with Crippen LogP contribution >= 0.6 is 11.6 Å². The van der Waals surface area contributed by atoms with E-state index in [1.165, 1.54) is 12.1 Å². The van der Waals surface area contributed by atoms with Gasteiger partial charge in [-0.25, -0.2) is 9.78 Å². The van der Waals surface area contributed by atoms with Crippen molar-refractivity contribution in [3.8, 4) is 0 Å². The Kier molecular flexibility index (Phi) is 3.76. The number of carbonyl (C=O) groups is 1. The molecule has 0 aromatic carbocycles. The van der Waals surface area contributed by atoms with E-state index in [-0.39, 0.29) is 5.56 Å². The molecule has 0 spiro atoms. The number of pyridine rings is 1. The number of rotatable bonds is 3. The molecule has 1 aromatic heterocycles. The summed E-state index contributed by atoms with van der Waals surface area (Å²) < 4.78 is 0. The molecule has 1 saturated heterocycles. The molecule has 0 aliphatic carbocycles. The van der Waals surface area contributed by atoms with Gasteiger partial charge in [0.15, 0.2) is 0 Å². The number of carboxylic acids is 1. The van der Waals surface area contributed by atoms with Crippen LogP contribution in [0.1, 0.15) is 30.6 Å². The molecular weight excluding hydrogens is 252 g/mol. The molecule has 1 aliphatic heterocycles. The fourth-order valence-electron chi connectivity index (χ4n) is 2.36. The van der Waals surface area contributed by atoms with Crippen molar-refractivity contribution in [2.75, 3.05) is 18.0 Å². The third-order valence-electron chi connectivity index (χ3n) is 3.54. The molecular formula is C13H17ClN2O2. The van der Waals surface area contributed by atoms with Crippen LogP contribution in [-0.4, -0.2) is 29.1 Å². The SMILES string of the molecule is CC(C)C1CCN(c2nc(Cl)ccc2C(=O)O)C1. The molecule has 2 rings (SSSR count). The maximum absolute atomic E-state index is 11.2. The second-order valence-corrected chi connectivity index (χ2v) is 5.44. The Labute approximate surface area is 112 Å². The average molecular weight is 269 g/mol. The first kappa shape index (κ1) is 13.1. The molecule has 1 aliphatic rings. The fourth-order valence-corrected chi connectivity index (χ4v) is 2.50. The Morgan fingerprint density at radius 3 is 2.83 bits per heavy atom. The summed E-state index contributed by atoms with van der Waals surface area (Å²) in [6.45, 7) is 6.08. The Morgan fingerprint density at radius 1 is 1.56 bits per heavy atom. The van der Waals surface area contributed by atoms with Gasteiger partial charge in [0.1, 0.15) is 16.5 Å². The minimum Gasteiger partial charge on any atom is -0.478 e. The average Bonchev–Trinajstić information content (AvgIpc) is 2.77. The second kappa shape index (κ2) is 5.14. The van der Waals surface area contributed by atoms with Gasteiger partial charge in [-0.05, 0) is 30.4 Å². The first-order valence-electron chi connectivity index (χ1n) is 6.14. The molecule has 0 amide bonds. The number of aromatic nitrogens is 1. The van der Waals surface area contributed by atoms with Crippen molar-refractivity contribution in [1.82, 2.24) is 4.98 Å². The summed E-state index contributed by atoms with van der Waals surface area (Å²) in [5.74, 6) is 0.732. The molecule has 1 N–H and O–H groups in total. The van der Waals surface area contributed by atoms with Crippen molar-refractivity contribution in [2.45, 2.75) is 20.3 Å². The number of hydrogen-bond acceptors (Lipinski definition) is 3. The standard InChI is InChI=1S/C13H17ClN2O2/c1-8(2)9-5-6-16(7-9)12-10(13(17)18)3-4-11(14)15-12/h3-4,8-9H,5-7H2,1-2H3,(H,17,18). The summed E-state index contributed by atoms with van der Waals surface area (Å²) >= 11 is 5.87. The Hall–Kier alpha value is -1.29. The van der Waals surface area contributed by atoms with E-state index in [0.29, 0.717) is 22.8 Å². The third kappa shape index (κ3) is 2.58. The Morgan fingerprint density at radius 2 is 2.28 bits per heavy atom. The van der Waals surface area contributed by atoms with Crippen LogP contribution in [0.2, 0.25) is 5.15 Å². The van der Waals surface area contributed by atoms with Gasteiger partial charge in [-0.1, -0.05) is 25.4 Å². The molecule has 0 saturated carbocycles. The van der Waals surface area contributed by atoms with E-state index in [1.807, 2.05) is 4.90 Å². The molecule has 1 fully saturated rings. The van der Waals surface area contributed by atoms with Crippen molar-refractivity contribution in [1.29, 1.82) is 0 Å². The van der Waals surface area contributed by atoms with Gasteiger partial charge in [0.2, 0.25) is 0 Å². The van der Waals surface area contributed by atoms with E-state index < -0.39 is 5.97 Å². The third-order valence-corrected chi connectivity index (χ3v) is 3.75. The van der Waals surface area contributed by atoms with Crippen LogP contribution in [0, 0.1) is 11.8 Å². The lowest BCUT2D eigenvalue weighted by atomic mass is 9.95. The smallest absolute Gasteiger partial charge is 0.339 e. The summed E-state index contributed by atoms with van der Waals surface area (Å²) in [6.07, 6.45) is 1.07. The van der Waals surface area contributed by atoms with Crippen LogP contribution in [0.3, 0.4) is 0 Å². The molecule has 98 valence electrons. The van der Waals surface area contributed by atoms with E-state index in [0.717, 1.165) is 19.5 Å². The van der Waals surface area contributed by atoms with Crippen LogP contribution in [0.4, 0.5) is 5.82 Å². The molecule has 2 heterocycles. The highest BCUT2D eigenvalue weighted by Gasteiger charge is 2.28. The summed E-state index contributed by atoms with van der Waals surface area (Å²) in [5.41, 5.74) is 0.226. The van der Waals surface area contributed by atoms with Crippen LogP contribution in [0.5, 0.6) is 0 Å². The predicted molar refractivity (Wildman–Crippen MR) is 71.4 cm³/mol. The highest BCUT2D eigenvalue weighted by molar-refractivity contribution is 6.29. The van der Waals surface area contributed by atoms with Crippen LogP contribution in [0.25, 0.3) is 0 Å². The minimum absolute atomic E-state index is 0.226. The summed E-state index contributed by atoms with van der Waals surface area (Å²) in [6, 6.07) is 3.04. The molecule has 1 atom stereocenters. The zero-order valence-corrected chi connectivity index (χ0v) is 11.3. The van der Waals surface area contributed by atoms with Crippen molar-refractivity contribution < 1.29 is 9.90 Å². The van der Waals surface area contributed by atoms with Gasteiger partial charge in [0.05, 0.1) is 0 Å². The van der Waals surface area contributed by atoms with E-state index in [9.17, 15) is 9.90 Å². The number of carboxylic acid groups (broad SMARTS) is 1. The van der Waals surface area contributed by atoms with Crippen molar-refractivity contribution >= 4 is 23.4 Å². The van der Waals surface area contributed by atoms with Gasteiger partial charge < -0.3 is 10.0 Å². The van der Waals surface area contributed by atoms with Gasteiger partial charge in [0, 0.05) is 13.1 Å². The molecule has 0 radical (unpaired) electrons. The molecule has 4 nitrogen and oxygen atoms in total. The van der Waals surface area contributed by atoms with E-state index in [2.05, 4.69) is 18.8 Å². The van der Waals surface area contributed by atoms with Gasteiger partial charge in [-0.2, -0.15) is 0 Å². The minimum atomic E-state index is -0.956. The molecule has 1 unspecified atom stereocenters. The van der Waals surface area contributed by atoms with Gasteiger partial charge in [-0.15, -0.1) is 0 Å². The zero-order chi connectivity index (χ0) is 13.3. The lowest BCUT2D eigenvalue weighted by Gasteiger charge is -2.20. The summed E-state index contributed by atoms with van der Waals surface area (Å²) in [4.78, 5) is 17.4. The first-order valence-corrected chi connectivity index (χ1v) is 6.51. The van der Waals surface area contributed by atoms with Crippen LogP contribution in [-0.2, 0) is 0 Å². The number of halogens is 1. The quantitative estimate of drug-likeness (QED) is 0.857. The van der Waals surface area contributed by atoms with Crippen molar-refractivity contribution in [3.63, 3.8) is 0 Å². The van der Waals surface area contributed by atoms with Gasteiger partial charge >= 0.3 is 5.97 Å². The number of anilines is 1. The molecule has 5 heteroatoms. The Bertz CT molecular complexity index is 462. The topological polar surface area (TPSA) is 53.4 Å². The van der Waals surface area contributed by atoms with E-state index in [1.54, 1.807) is 0 Å². The maximum atomic E-state index is 11.2. The zero-order valence-electron chi connectivity index (χ0n) is 10.6. The summed E-state index contributed by atoms with van der Waals surface area (Å²) in [7, 11) is 0. The molecule has 18 heavy (non-hydrogen) atoms. The van der Waals surface area contributed by atoms with Gasteiger partial charge in [-0.3, -0.25) is 0 Å². The summed E-state index contributed by atoms with van der Waals surface area (Å²) in [5, 5.41) is 9.52. The van der Waals surface area contributed by atoms with E-state index in [4.69, 9.17) is 11.6 Å². The highest BCUT2D eigenvalue weighted by Crippen LogP contribution is 2.30. The highest BCUT2D eigenvalue weighted by atomic mass is 35.5.